The Kier molecular flexibility index (Phi) is 8.20. The molecule has 6 rings (SSSR count). The number of amides is 1. The summed E-state index contributed by atoms with van der Waals surface area (Å²) >= 11 is 0. The van der Waals surface area contributed by atoms with Crippen molar-refractivity contribution in [3.8, 4) is 11.5 Å². The molecular weight excluding hydrogens is 620 g/mol. The zero-order chi connectivity index (χ0) is 31.9. The van der Waals surface area contributed by atoms with Crippen LogP contribution in [-0.4, -0.2) is 47.0 Å². The third-order valence-electron chi connectivity index (χ3n) is 8.10. The maximum atomic E-state index is 15.5. The standard InChI is InChI=1S/C29H28F4N6O5S/c30-20-12-25-24(11-19(20)22-10-8-18(43-37-22)7-5-16-3-1-2-4-16)39(27(40)21(34)15-45(25,41)42)14-17-6-9-23(35-13-17)26-36-28(44-38-26)29(31,32)33/h6,8-9,11-13,16,21H,1-5,7,10,14-15,34H2/t21-/m0/s1. The third kappa shape index (κ3) is 6.47. The fourth-order valence-corrected chi connectivity index (χ4v) is 7.30. The van der Waals surface area contributed by atoms with Crippen LogP contribution in [0, 0.1) is 11.7 Å². The number of alkyl halides is 3. The highest BCUT2D eigenvalue weighted by Gasteiger charge is 2.39. The summed E-state index contributed by atoms with van der Waals surface area (Å²) in [5, 5.41) is 7.42. The zero-order valence-corrected chi connectivity index (χ0v) is 24.6. The fourth-order valence-electron chi connectivity index (χ4n) is 5.73. The van der Waals surface area contributed by atoms with Crippen molar-refractivity contribution in [2.45, 2.75) is 68.6 Å². The van der Waals surface area contributed by atoms with Crippen molar-refractivity contribution >= 4 is 27.1 Å². The second-order valence-corrected chi connectivity index (χ2v) is 13.3. The van der Waals surface area contributed by atoms with Crippen molar-refractivity contribution < 1.29 is 40.1 Å². The molecule has 2 N–H and O–H groups in total. The number of sulfone groups is 1. The lowest BCUT2D eigenvalue weighted by atomic mass is 9.99. The highest BCUT2D eigenvalue weighted by Crippen LogP contribution is 2.36. The van der Waals surface area contributed by atoms with Gasteiger partial charge in [0.1, 0.15) is 17.3 Å². The van der Waals surface area contributed by atoms with Crippen molar-refractivity contribution in [2.24, 2.45) is 16.8 Å². The maximum Gasteiger partial charge on any atom is 0.471 e. The molecule has 3 aromatic rings. The van der Waals surface area contributed by atoms with E-state index in [-0.39, 0.29) is 35.6 Å². The largest absolute Gasteiger partial charge is 0.471 e. The first kappa shape index (κ1) is 30.8. The highest BCUT2D eigenvalue weighted by atomic mass is 32.2. The second kappa shape index (κ2) is 12.0. The van der Waals surface area contributed by atoms with Crippen LogP contribution in [0.25, 0.3) is 11.5 Å². The first-order valence-corrected chi connectivity index (χ1v) is 16.0. The molecule has 11 nitrogen and oxygen atoms in total. The van der Waals surface area contributed by atoms with E-state index in [1.54, 1.807) is 0 Å². The summed E-state index contributed by atoms with van der Waals surface area (Å²) < 4.78 is 84.6. The van der Waals surface area contributed by atoms with Gasteiger partial charge in [0.05, 0.1) is 34.6 Å². The molecule has 4 heterocycles. The molecule has 238 valence electrons. The van der Waals surface area contributed by atoms with Crippen LogP contribution < -0.4 is 10.6 Å². The van der Waals surface area contributed by atoms with E-state index in [0.717, 1.165) is 23.8 Å². The summed E-state index contributed by atoms with van der Waals surface area (Å²) in [5.74, 6) is -2.90. The van der Waals surface area contributed by atoms with Crippen molar-refractivity contribution in [3.63, 3.8) is 0 Å². The van der Waals surface area contributed by atoms with Gasteiger partial charge in [-0.1, -0.05) is 42.1 Å². The van der Waals surface area contributed by atoms with Crippen LogP contribution in [-0.2, 0) is 32.2 Å². The Morgan fingerprint density at radius 1 is 1.13 bits per heavy atom. The maximum absolute atomic E-state index is 15.5. The van der Waals surface area contributed by atoms with Gasteiger partial charge in [-0.05, 0) is 42.2 Å². The summed E-state index contributed by atoms with van der Waals surface area (Å²) in [4.78, 5) is 27.1. The van der Waals surface area contributed by atoms with Crippen molar-refractivity contribution in [1.29, 1.82) is 0 Å². The van der Waals surface area contributed by atoms with Crippen molar-refractivity contribution in [1.82, 2.24) is 15.1 Å². The Morgan fingerprint density at radius 3 is 2.56 bits per heavy atom. The minimum atomic E-state index is -4.83. The third-order valence-corrected chi connectivity index (χ3v) is 9.90. The van der Waals surface area contributed by atoms with Gasteiger partial charge in [-0.2, -0.15) is 18.2 Å². The number of pyridine rings is 1. The number of hydrogen-bond acceptors (Lipinski definition) is 10. The molecular formula is C29H28F4N6O5S. The van der Waals surface area contributed by atoms with Crippen LogP contribution in [0.15, 0.2) is 56.9 Å². The van der Waals surface area contributed by atoms with Gasteiger partial charge >= 0.3 is 12.1 Å². The summed E-state index contributed by atoms with van der Waals surface area (Å²) in [6.07, 6.45) is 5.08. The Hall–Kier alpha value is -4.18. The monoisotopic (exact) mass is 648 g/mol. The number of halogens is 4. The van der Waals surface area contributed by atoms with Gasteiger partial charge in [-0.3, -0.25) is 9.78 Å². The quantitative estimate of drug-likeness (QED) is 0.352. The fraction of sp³-hybridized carbons (Fsp3) is 0.414. The predicted molar refractivity (Wildman–Crippen MR) is 152 cm³/mol. The summed E-state index contributed by atoms with van der Waals surface area (Å²) in [5.41, 5.74) is 6.40. The van der Waals surface area contributed by atoms with Gasteiger partial charge in [0, 0.05) is 24.6 Å². The molecule has 16 heteroatoms. The van der Waals surface area contributed by atoms with Crippen LogP contribution in [0.3, 0.4) is 0 Å². The normalized spacial score (nSPS) is 20.3. The molecule has 1 atom stereocenters. The summed E-state index contributed by atoms with van der Waals surface area (Å²) in [7, 11) is -4.18. The molecule has 0 bridgehead atoms. The number of allylic oxidation sites excluding steroid dienone is 2. The SMILES string of the molecule is N[C@H]1CS(=O)(=O)c2cc(F)c(C3=NOC(CCC4CCCC4)=CC3)cc2N(Cc2ccc(-c3noc(C(F)(F)F)n3)nc2)C1=O. The van der Waals surface area contributed by atoms with Crippen LogP contribution in [0.2, 0.25) is 0 Å². The number of hydrogen-bond donors (Lipinski definition) is 1. The van der Waals surface area contributed by atoms with E-state index >= 15 is 4.39 Å². The molecule has 1 aromatic carbocycles. The van der Waals surface area contributed by atoms with Gasteiger partial charge in [0.2, 0.25) is 11.7 Å². The zero-order valence-electron chi connectivity index (χ0n) is 23.8. The van der Waals surface area contributed by atoms with Gasteiger partial charge < -0.3 is 20.0 Å². The molecule has 1 saturated carbocycles. The van der Waals surface area contributed by atoms with E-state index in [2.05, 4.69) is 24.8 Å². The average Bonchev–Trinajstić information content (AvgIpc) is 3.71. The summed E-state index contributed by atoms with van der Waals surface area (Å²) in [6, 6.07) is 3.43. The molecule has 2 aliphatic heterocycles. The minimum Gasteiger partial charge on any atom is -0.362 e. The lowest BCUT2D eigenvalue weighted by Gasteiger charge is -2.25. The number of benzene rings is 1. The van der Waals surface area contributed by atoms with E-state index in [9.17, 15) is 26.4 Å². The Morgan fingerprint density at radius 2 is 1.91 bits per heavy atom. The number of nitrogens with zero attached hydrogens (tertiary/aromatic N) is 5. The first-order chi connectivity index (χ1) is 21.4. The summed E-state index contributed by atoms with van der Waals surface area (Å²) in [6.45, 7) is -0.234. The average molecular weight is 649 g/mol. The molecule has 1 aliphatic carbocycles. The number of oxime groups is 1. The lowest BCUT2D eigenvalue weighted by Crippen LogP contribution is -2.45. The molecule has 0 radical (unpaired) electrons. The predicted octanol–water partition coefficient (Wildman–Crippen LogP) is 4.92. The second-order valence-electron chi connectivity index (χ2n) is 11.3. The Balaban J connectivity index is 1.27. The van der Waals surface area contributed by atoms with Crippen LogP contribution >= 0.6 is 0 Å². The molecule has 1 amide bonds. The number of anilines is 1. The lowest BCUT2D eigenvalue weighted by molar-refractivity contribution is -0.159. The van der Waals surface area contributed by atoms with Gasteiger partial charge in [0.25, 0.3) is 0 Å². The Labute approximate surface area is 255 Å². The molecule has 3 aliphatic rings. The van der Waals surface area contributed by atoms with E-state index in [1.165, 1.54) is 50.1 Å². The number of carbonyl (C=O) groups excluding carboxylic acids is 1. The molecule has 1 fully saturated rings. The van der Waals surface area contributed by atoms with Gasteiger partial charge in [-0.15, -0.1) is 0 Å². The van der Waals surface area contributed by atoms with Crippen molar-refractivity contribution in [2.75, 3.05) is 10.7 Å². The minimum absolute atomic E-state index is 0.0322. The number of rotatable bonds is 7. The molecule has 2 aromatic heterocycles. The number of aromatic nitrogens is 3. The first-order valence-electron chi connectivity index (χ1n) is 14.3. The highest BCUT2D eigenvalue weighted by molar-refractivity contribution is 7.91. The van der Waals surface area contributed by atoms with Crippen LogP contribution in [0.5, 0.6) is 0 Å². The molecule has 0 saturated heterocycles. The van der Waals surface area contributed by atoms with E-state index in [1.807, 2.05) is 6.08 Å². The number of carbonyl (C=O) groups is 1. The van der Waals surface area contributed by atoms with Gasteiger partial charge in [0.15, 0.2) is 9.84 Å². The van der Waals surface area contributed by atoms with E-state index in [4.69, 9.17) is 10.6 Å². The molecule has 0 unspecified atom stereocenters. The Bertz CT molecular complexity index is 1780. The van der Waals surface area contributed by atoms with Crippen LogP contribution in [0.4, 0.5) is 23.2 Å². The smallest absolute Gasteiger partial charge is 0.362 e. The number of fused-ring (bicyclic) bond motifs is 1. The van der Waals surface area contributed by atoms with E-state index < -0.39 is 56.1 Å². The van der Waals surface area contributed by atoms with Crippen molar-refractivity contribution in [3.05, 3.63) is 65.1 Å². The topological polar surface area (TPSA) is 154 Å². The number of nitrogens with two attached hydrogens (primary N) is 1. The molecule has 0 spiro atoms. The van der Waals surface area contributed by atoms with Crippen LogP contribution in [0.1, 0.15) is 62.0 Å². The van der Waals surface area contributed by atoms with E-state index in [0.29, 0.717) is 17.2 Å². The molecule has 45 heavy (non-hydrogen) atoms. The van der Waals surface area contributed by atoms with Gasteiger partial charge in [-0.25, -0.2) is 12.8 Å².